The van der Waals surface area contributed by atoms with Gasteiger partial charge in [-0.05, 0) is 38.1 Å². The standard InChI is InChI=1S/C24H29ClN6O6S3/c1-3-39(34,35)29-21(32)11-17-13-30(40(36,37)22-10-15-9-16(25)4-5-18(15)27-22)6-7-31(17)24(33)23-28-19-8-14(2)26-12-20(19)38-23/h4-5,9-10,14,17,26-27H,3,6-8,11-13H2,1-2H3,(H,29,32). The highest BCUT2D eigenvalue weighted by molar-refractivity contribution is 7.90. The Bertz CT molecular complexity index is 1690. The van der Waals surface area contributed by atoms with Crippen molar-refractivity contribution in [3.63, 3.8) is 0 Å². The molecule has 0 spiro atoms. The Kier molecular flexibility index (Phi) is 7.98. The Labute approximate surface area is 241 Å². The number of sulfonamides is 2. The topological polar surface area (TPSA) is 162 Å². The van der Waals surface area contributed by atoms with E-state index in [1.165, 1.54) is 33.5 Å². The summed E-state index contributed by atoms with van der Waals surface area (Å²) in [7, 11) is -7.88. The maximum atomic E-state index is 13.6. The van der Waals surface area contributed by atoms with Crippen molar-refractivity contribution in [2.75, 3.05) is 25.4 Å². The second-order valence-corrected chi connectivity index (χ2v) is 15.3. The normalized spacial score (nSPS) is 20.4. The van der Waals surface area contributed by atoms with Crippen LogP contribution in [0.25, 0.3) is 10.9 Å². The Hall–Kier alpha value is -2.56. The summed E-state index contributed by atoms with van der Waals surface area (Å²) in [4.78, 5) is 36.2. The number of piperazine rings is 1. The quantitative estimate of drug-likeness (QED) is 0.356. The van der Waals surface area contributed by atoms with E-state index in [1.807, 2.05) is 11.6 Å². The zero-order valence-corrected chi connectivity index (χ0v) is 25.0. The number of aromatic amines is 1. The van der Waals surface area contributed by atoms with Gasteiger partial charge in [-0.3, -0.25) is 14.3 Å². The van der Waals surface area contributed by atoms with E-state index in [0.29, 0.717) is 28.9 Å². The van der Waals surface area contributed by atoms with Gasteiger partial charge < -0.3 is 15.2 Å². The molecule has 1 fully saturated rings. The average Bonchev–Trinajstić information content (AvgIpc) is 3.52. The van der Waals surface area contributed by atoms with E-state index in [4.69, 9.17) is 11.6 Å². The number of halogens is 1. The van der Waals surface area contributed by atoms with Crippen LogP contribution < -0.4 is 10.0 Å². The summed E-state index contributed by atoms with van der Waals surface area (Å²) in [5.41, 5.74) is 1.44. The number of thiazole rings is 1. The molecule has 16 heteroatoms. The first kappa shape index (κ1) is 29.0. The predicted molar refractivity (Wildman–Crippen MR) is 151 cm³/mol. The minimum absolute atomic E-state index is 0.00148. The largest absolute Gasteiger partial charge is 0.345 e. The second kappa shape index (κ2) is 11.0. The first-order valence-corrected chi connectivity index (χ1v) is 17.0. The molecule has 2 amide bonds. The summed E-state index contributed by atoms with van der Waals surface area (Å²) in [6, 6.07) is 5.77. The number of nitrogens with one attached hydrogen (secondary N) is 3. The van der Waals surface area contributed by atoms with Crippen molar-refractivity contribution in [2.45, 2.75) is 50.3 Å². The van der Waals surface area contributed by atoms with Crippen LogP contribution in [0.1, 0.15) is 40.6 Å². The number of H-pyrrole nitrogens is 1. The van der Waals surface area contributed by atoms with Crippen LogP contribution in [0.4, 0.5) is 0 Å². The van der Waals surface area contributed by atoms with Gasteiger partial charge in [0.1, 0.15) is 5.03 Å². The summed E-state index contributed by atoms with van der Waals surface area (Å²) in [6.07, 6.45) is 0.282. The lowest BCUT2D eigenvalue weighted by molar-refractivity contribution is -0.120. The molecule has 0 aliphatic carbocycles. The first-order chi connectivity index (χ1) is 18.9. The van der Waals surface area contributed by atoms with Crippen molar-refractivity contribution in [3.8, 4) is 0 Å². The molecule has 2 aliphatic heterocycles. The summed E-state index contributed by atoms with van der Waals surface area (Å²) < 4.78 is 54.4. The number of benzene rings is 1. The van der Waals surface area contributed by atoms with Crippen LogP contribution in [0.2, 0.25) is 5.02 Å². The van der Waals surface area contributed by atoms with Crippen LogP contribution >= 0.6 is 22.9 Å². The monoisotopic (exact) mass is 628 g/mol. The van der Waals surface area contributed by atoms with Crippen LogP contribution in [-0.2, 0) is 37.8 Å². The van der Waals surface area contributed by atoms with Gasteiger partial charge in [0, 0.05) is 65.9 Å². The summed E-state index contributed by atoms with van der Waals surface area (Å²) in [5.74, 6) is -1.53. The molecule has 1 aromatic carbocycles. The number of carbonyl (C=O) groups excluding carboxylic acids is 2. The van der Waals surface area contributed by atoms with Crippen LogP contribution in [0, 0.1) is 0 Å². The van der Waals surface area contributed by atoms with Crippen molar-refractivity contribution in [3.05, 3.63) is 44.9 Å². The van der Waals surface area contributed by atoms with Crippen molar-refractivity contribution in [1.29, 1.82) is 0 Å². The van der Waals surface area contributed by atoms with Crippen molar-refractivity contribution >= 4 is 65.7 Å². The number of hydrogen-bond donors (Lipinski definition) is 3. The lowest BCUT2D eigenvalue weighted by Gasteiger charge is -2.40. The molecule has 2 aliphatic rings. The molecule has 0 bridgehead atoms. The van der Waals surface area contributed by atoms with Crippen LogP contribution in [0.3, 0.4) is 0 Å². The van der Waals surface area contributed by atoms with E-state index in [2.05, 4.69) is 15.3 Å². The van der Waals surface area contributed by atoms with Gasteiger partial charge in [-0.1, -0.05) is 11.6 Å². The zero-order chi connectivity index (χ0) is 28.8. The molecule has 0 radical (unpaired) electrons. The number of rotatable bonds is 7. The van der Waals surface area contributed by atoms with Gasteiger partial charge in [0.15, 0.2) is 5.01 Å². The smallest absolute Gasteiger partial charge is 0.283 e. The van der Waals surface area contributed by atoms with E-state index in [-0.39, 0.29) is 41.5 Å². The predicted octanol–water partition coefficient (Wildman–Crippen LogP) is 1.68. The summed E-state index contributed by atoms with van der Waals surface area (Å²) >= 11 is 7.32. The maximum absolute atomic E-state index is 13.6. The highest BCUT2D eigenvalue weighted by atomic mass is 35.5. The number of aromatic nitrogens is 2. The molecule has 5 rings (SSSR count). The van der Waals surface area contributed by atoms with E-state index >= 15 is 0 Å². The van der Waals surface area contributed by atoms with Crippen molar-refractivity contribution < 1.29 is 26.4 Å². The van der Waals surface area contributed by atoms with Crippen molar-refractivity contribution in [2.24, 2.45) is 0 Å². The molecule has 3 aromatic rings. The number of nitrogens with zero attached hydrogens (tertiary/aromatic N) is 3. The lowest BCUT2D eigenvalue weighted by Crippen LogP contribution is -2.57. The maximum Gasteiger partial charge on any atom is 0.283 e. The molecule has 3 N–H and O–H groups in total. The zero-order valence-electron chi connectivity index (χ0n) is 21.8. The molecule has 1 saturated heterocycles. The van der Waals surface area contributed by atoms with Gasteiger partial charge in [0.25, 0.3) is 15.9 Å². The van der Waals surface area contributed by atoms with Gasteiger partial charge >= 0.3 is 0 Å². The Morgan fingerprint density at radius 2 is 1.98 bits per heavy atom. The average molecular weight is 629 g/mol. The minimum atomic E-state index is -4.04. The number of fused-ring (bicyclic) bond motifs is 2. The highest BCUT2D eigenvalue weighted by Crippen LogP contribution is 2.29. The second-order valence-electron chi connectivity index (χ2n) is 9.89. The SMILES string of the molecule is CCS(=O)(=O)NC(=O)CC1CN(S(=O)(=O)c2cc3cc(Cl)ccc3[nH]2)CCN1C(=O)c1nc2c(s1)CNC(C)C2. The van der Waals surface area contributed by atoms with Crippen molar-refractivity contribution in [1.82, 2.24) is 29.2 Å². The van der Waals surface area contributed by atoms with Crippen LogP contribution in [0.5, 0.6) is 0 Å². The fourth-order valence-electron chi connectivity index (χ4n) is 4.87. The number of carbonyl (C=O) groups is 2. The van der Waals surface area contributed by atoms with E-state index in [0.717, 1.165) is 10.6 Å². The lowest BCUT2D eigenvalue weighted by atomic mass is 10.1. The van der Waals surface area contributed by atoms with Gasteiger partial charge in [0.05, 0.1) is 17.5 Å². The summed E-state index contributed by atoms with van der Waals surface area (Å²) in [5, 5.41) is 4.63. The van der Waals surface area contributed by atoms with E-state index < -0.39 is 44.3 Å². The fourth-order valence-corrected chi connectivity index (χ4v) is 8.10. The Morgan fingerprint density at radius 1 is 1.20 bits per heavy atom. The molecular weight excluding hydrogens is 600 g/mol. The molecule has 40 heavy (non-hydrogen) atoms. The molecule has 12 nitrogen and oxygen atoms in total. The minimum Gasteiger partial charge on any atom is -0.345 e. The first-order valence-electron chi connectivity index (χ1n) is 12.7. The van der Waals surface area contributed by atoms with Gasteiger partial charge in [-0.15, -0.1) is 11.3 Å². The molecule has 0 saturated carbocycles. The fraction of sp³-hybridized carbons (Fsp3) is 0.458. The Morgan fingerprint density at radius 3 is 2.73 bits per heavy atom. The molecule has 4 heterocycles. The summed E-state index contributed by atoms with van der Waals surface area (Å²) in [6.45, 7) is 3.82. The van der Waals surface area contributed by atoms with E-state index in [9.17, 15) is 26.4 Å². The third kappa shape index (κ3) is 5.90. The molecule has 216 valence electrons. The van der Waals surface area contributed by atoms with Gasteiger partial charge in [-0.2, -0.15) is 4.31 Å². The van der Waals surface area contributed by atoms with Gasteiger partial charge in [-0.25, -0.2) is 21.8 Å². The Balaban J connectivity index is 1.42. The molecule has 2 unspecified atom stereocenters. The van der Waals surface area contributed by atoms with E-state index in [1.54, 1.807) is 18.2 Å². The van der Waals surface area contributed by atoms with Crippen LogP contribution in [0.15, 0.2) is 29.3 Å². The molecular formula is C24H29ClN6O6S3. The van der Waals surface area contributed by atoms with Gasteiger partial charge in [0.2, 0.25) is 15.9 Å². The number of amides is 2. The highest BCUT2D eigenvalue weighted by Gasteiger charge is 2.39. The molecule has 2 atom stereocenters. The molecule has 2 aromatic heterocycles. The third-order valence-electron chi connectivity index (χ3n) is 7.02. The number of hydrogen-bond acceptors (Lipinski definition) is 9. The third-order valence-corrected chi connectivity index (χ3v) is 11.4. The van der Waals surface area contributed by atoms with Crippen LogP contribution in [-0.4, -0.2) is 85.3 Å².